The second kappa shape index (κ2) is 6.40. The predicted octanol–water partition coefficient (Wildman–Crippen LogP) is 4.31. The molecule has 0 aliphatic heterocycles. The molecule has 3 rings (SSSR count). The number of rotatable bonds is 3. The van der Waals surface area contributed by atoms with Gasteiger partial charge in [0.2, 0.25) is 0 Å². The molecule has 0 atom stereocenters. The van der Waals surface area contributed by atoms with E-state index in [9.17, 15) is 20.4 Å². The highest BCUT2D eigenvalue weighted by molar-refractivity contribution is 5.55. The lowest BCUT2D eigenvalue weighted by Crippen LogP contribution is -2.07. The molecule has 0 bridgehead atoms. The first-order chi connectivity index (χ1) is 11.9. The fourth-order valence-corrected chi connectivity index (χ4v) is 3.15. The van der Waals surface area contributed by atoms with Crippen LogP contribution >= 0.6 is 0 Å². The van der Waals surface area contributed by atoms with Gasteiger partial charge in [0.05, 0.1) is 0 Å². The molecule has 4 nitrogen and oxygen atoms in total. The van der Waals surface area contributed by atoms with E-state index in [4.69, 9.17) is 0 Å². The molecule has 4 N–H and O–H groups in total. The van der Waals surface area contributed by atoms with Crippen molar-refractivity contribution in [2.45, 2.75) is 19.8 Å². The summed E-state index contributed by atoms with van der Waals surface area (Å²) >= 11 is 0. The highest BCUT2D eigenvalue weighted by Crippen LogP contribution is 2.41. The van der Waals surface area contributed by atoms with Crippen molar-refractivity contribution in [2.24, 2.45) is 0 Å². The summed E-state index contributed by atoms with van der Waals surface area (Å²) in [5.74, 6) is -0.349. The molecular weight excluding hydrogens is 316 g/mol. The van der Waals surface area contributed by atoms with Crippen LogP contribution in [0.3, 0.4) is 0 Å². The van der Waals surface area contributed by atoms with E-state index < -0.39 is 0 Å². The minimum Gasteiger partial charge on any atom is -0.508 e. The molecule has 0 spiro atoms. The molecule has 0 amide bonds. The van der Waals surface area contributed by atoms with Crippen molar-refractivity contribution in [1.82, 2.24) is 0 Å². The van der Waals surface area contributed by atoms with E-state index in [1.54, 1.807) is 30.3 Å². The summed E-state index contributed by atoms with van der Waals surface area (Å²) < 4.78 is 0. The zero-order valence-electron chi connectivity index (χ0n) is 14.1. The Morgan fingerprint density at radius 3 is 1.60 bits per heavy atom. The van der Waals surface area contributed by atoms with Crippen molar-refractivity contribution in [3.05, 3.63) is 82.4 Å². The average Bonchev–Trinajstić information content (AvgIpc) is 2.58. The largest absolute Gasteiger partial charge is 0.508 e. The maximum Gasteiger partial charge on any atom is 0.157 e. The summed E-state index contributed by atoms with van der Waals surface area (Å²) in [4.78, 5) is 0. The van der Waals surface area contributed by atoms with Gasteiger partial charge in [0.15, 0.2) is 11.5 Å². The monoisotopic (exact) mass is 336 g/mol. The van der Waals surface area contributed by atoms with E-state index in [0.29, 0.717) is 0 Å². The molecule has 3 aromatic carbocycles. The van der Waals surface area contributed by atoms with E-state index in [-0.39, 0.29) is 28.9 Å². The third-order valence-corrected chi connectivity index (χ3v) is 4.65. The third kappa shape index (κ3) is 2.98. The number of phenolic OH excluding ortho intramolecular Hbond substituents is 4. The summed E-state index contributed by atoms with van der Waals surface area (Å²) in [5, 5.41) is 39.8. The molecule has 0 heterocycles. The Labute approximate surface area is 146 Å². The Kier molecular flexibility index (Phi) is 4.28. The maximum absolute atomic E-state index is 10.1. The lowest BCUT2D eigenvalue weighted by atomic mass is 9.81. The molecule has 4 heteroatoms. The van der Waals surface area contributed by atoms with Gasteiger partial charge in [-0.3, -0.25) is 0 Å². The second-order valence-electron chi connectivity index (χ2n) is 6.16. The highest BCUT2D eigenvalue weighted by Gasteiger charge is 2.23. The van der Waals surface area contributed by atoms with Crippen molar-refractivity contribution in [3.8, 4) is 23.0 Å². The van der Waals surface area contributed by atoms with E-state index in [1.807, 2.05) is 26.0 Å². The zero-order valence-corrected chi connectivity index (χ0v) is 14.1. The van der Waals surface area contributed by atoms with Gasteiger partial charge in [-0.2, -0.15) is 0 Å². The Morgan fingerprint density at radius 1 is 0.600 bits per heavy atom. The Balaban J connectivity index is 2.30. The first kappa shape index (κ1) is 16.7. The summed E-state index contributed by atoms with van der Waals surface area (Å²) in [7, 11) is 0. The van der Waals surface area contributed by atoms with Gasteiger partial charge in [-0.05, 0) is 65.9 Å². The molecule has 0 radical (unpaired) electrons. The van der Waals surface area contributed by atoms with E-state index >= 15 is 0 Å². The van der Waals surface area contributed by atoms with Gasteiger partial charge in [0.25, 0.3) is 0 Å². The Morgan fingerprint density at radius 2 is 1.12 bits per heavy atom. The van der Waals surface area contributed by atoms with Crippen molar-refractivity contribution < 1.29 is 20.4 Å². The van der Waals surface area contributed by atoms with Gasteiger partial charge < -0.3 is 20.4 Å². The number of aromatic hydroxyl groups is 4. The summed E-state index contributed by atoms with van der Waals surface area (Å²) in [6, 6.07) is 15.3. The van der Waals surface area contributed by atoms with Crippen LogP contribution < -0.4 is 0 Å². The molecule has 3 aromatic rings. The standard InChI is InChI=1S/C21H20O4/c1-12-15(5-3-7-17(12)22)21(14-9-10-19(24)20(25)11-14)16-6-4-8-18(23)13(16)2/h3-11,21-25H,1-2H3. The normalized spacial score (nSPS) is 11.0. The molecule has 0 aromatic heterocycles. The molecule has 0 aliphatic carbocycles. The summed E-state index contributed by atoms with van der Waals surface area (Å²) in [6.07, 6.45) is 0. The van der Waals surface area contributed by atoms with E-state index in [2.05, 4.69) is 0 Å². The topological polar surface area (TPSA) is 80.9 Å². The minimum absolute atomic E-state index is 0.184. The zero-order chi connectivity index (χ0) is 18.1. The minimum atomic E-state index is -0.314. The van der Waals surface area contributed by atoms with Gasteiger partial charge >= 0.3 is 0 Å². The highest BCUT2D eigenvalue weighted by atomic mass is 16.3. The maximum atomic E-state index is 10.1. The van der Waals surface area contributed by atoms with Gasteiger partial charge in [0.1, 0.15) is 11.5 Å². The second-order valence-corrected chi connectivity index (χ2v) is 6.16. The summed E-state index contributed by atoms with van der Waals surface area (Å²) in [6.45, 7) is 3.66. The summed E-state index contributed by atoms with van der Waals surface area (Å²) in [5.41, 5.74) is 3.92. The van der Waals surface area contributed by atoms with Crippen LogP contribution in [0.2, 0.25) is 0 Å². The van der Waals surface area contributed by atoms with Gasteiger partial charge in [0, 0.05) is 5.92 Å². The molecule has 128 valence electrons. The number of hydrogen-bond acceptors (Lipinski definition) is 4. The number of phenols is 4. The molecule has 0 aliphatic rings. The SMILES string of the molecule is Cc1c(O)cccc1C(c1ccc(O)c(O)c1)c1cccc(O)c1C. The molecule has 0 unspecified atom stereocenters. The van der Waals surface area contributed by atoms with Crippen LogP contribution in [0.5, 0.6) is 23.0 Å². The predicted molar refractivity (Wildman–Crippen MR) is 96.4 cm³/mol. The van der Waals surface area contributed by atoms with Crippen LogP contribution in [-0.2, 0) is 0 Å². The fraction of sp³-hybridized carbons (Fsp3) is 0.143. The van der Waals surface area contributed by atoms with Crippen molar-refractivity contribution in [3.63, 3.8) is 0 Å². The van der Waals surface area contributed by atoms with Crippen molar-refractivity contribution in [1.29, 1.82) is 0 Å². The molecule has 0 saturated heterocycles. The van der Waals surface area contributed by atoms with Crippen molar-refractivity contribution in [2.75, 3.05) is 0 Å². The van der Waals surface area contributed by atoms with Crippen LogP contribution in [0.4, 0.5) is 0 Å². The van der Waals surface area contributed by atoms with Gasteiger partial charge in [-0.1, -0.05) is 30.3 Å². The first-order valence-electron chi connectivity index (χ1n) is 7.99. The van der Waals surface area contributed by atoms with Gasteiger partial charge in [-0.25, -0.2) is 0 Å². The Hall–Kier alpha value is -3.14. The third-order valence-electron chi connectivity index (χ3n) is 4.65. The average molecular weight is 336 g/mol. The lowest BCUT2D eigenvalue weighted by molar-refractivity contribution is 0.403. The lowest BCUT2D eigenvalue weighted by Gasteiger charge is -2.23. The number of hydrogen-bond donors (Lipinski definition) is 4. The quantitative estimate of drug-likeness (QED) is 0.424. The van der Waals surface area contributed by atoms with Crippen LogP contribution in [0.1, 0.15) is 33.7 Å². The van der Waals surface area contributed by atoms with Crippen LogP contribution in [0.15, 0.2) is 54.6 Å². The van der Waals surface area contributed by atoms with Gasteiger partial charge in [-0.15, -0.1) is 0 Å². The van der Waals surface area contributed by atoms with Crippen molar-refractivity contribution >= 4 is 0 Å². The molecular formula is C21H20O4. The molecule has 25 heavy (non-hydrogen) atoms. The smallest absolute Gasteiger partial charge is 0.157 e. The Bertz CT molecular complexity index is 880. The molecule has 0 fully saturated rings. The van der Waals surface area contributed by atoms with E-state index in [1.165, 1.54) is 12.1 Å². The molecule has 0 saturated carbocycles. The van der Waals surface area contributed by atoms with Crippen LogP contribution in [0.25, 0.3) is 0 Å². The first-order valence-corrected chi connectivity index (χ1v) is 7.99. The van der Waals surface area contributed by atoms with Crippen LogP contribution in [0, 0.1) is 13.8 Å². The fourth-order valence-electron chi connectivity index (χ4n) is 3.15. The number of benzene rings is 3. The van der Waals surface area contributed by atoms with E-state index in [0.717, 1.165) is 27.8 Å². The van der Waals surface area contributed by atoms with Crippen LogP contribution in [-0.4, -0.2) is 20.4 Å².